The minimum Gasteiger partial charge on any atom is -0.399 e. The average Bonchev–Trinajstić information content (AvgIpc) is 2.32. The van der Waals surface area contributed by atoms with Gasteiger partial charge in [-0.05, 0) is 36.2 Å². The second-order valence-electron chi connectivity index (χ2n) is 3.59. The zero-order valence-corrected chi connectivity index (χ0v) is 9.14. The highest BCUT2D eigenvalue weighted by atomic mass is 15.2. The predicted molar refractivity (Wildman–Crippen MR) is 65.0 cm³/mol. The molecule has 0 aliphatic carbocycles. The highest BCUT2D eigenvalue weighted by Crippen LogP contribution is 2.16. The Balaban J connectivity index is 2.08. The van der Waals surface area contributed by atoms with Gasteiger partial charge in [0.2, 0.25) is 0 Å². The molecule has 4 heteroatoms. The lowest BCUT2D eigenvalue weighted by molar-refractivity contribution is 0.996. The van der Waals surface area contributed by atoms with E-state index in [2.05, 4.69) is 21.6 Å². The first-order valence-electron chi connectivity index (χ1n) is 5.13. The van der Waals surface area contributed by atoms with Crippen molar-refractivity contribution in [3.05, 3.63) is 47.7 Å². The van der Waals surface area contributed by atoms with Crippen molar-refractivity contribution in [3.63, 3.8) is 0 Å². The summed E-state index contributed by atoms with van der Waals surface area (Å²) in [5.74, 6) is 0.768. The Morgan fingerprint density at radius 1 is 1.25 bits per heavy atom. The number of nitrogens with zero attached hydrogens (tertiary/aromatic N) is 2. The molecular weight excluding hydrogens is 200 g/mol. The topological polar surface area (TPSA) is 63.8 Å². The highest BCUT2D eigenvalue weighted by Gasteiger charge is 2.01. The van der Waals surface area contributed by atoms with Crippen LogP contribution >= 0.6 is 0 Å². The Morgan fingerprint density at radius 3 is 2.88 bits per heavy atom. The molecule has 0 aliphatic heterocycles. The SMILES string of the molecule is Cc1c(N)cccc1CNc1cccnn1. The molecule has 0 atom stereocenters. The van der Waals surface area contributed by atoms with Gasteiger partial charge in [0.15, 0.2) is 0 Å². The van der Waals surface area contributed by atoms with Crippen molar-refractivity contribution < 1.29 is 0 Å². The lowest BCUT2D eigenvalue weighted by Gasteiger charge is -2.09. The van der Waals surface area contributed by atoms with Gasteiger partial charge in [-0.25, -0.2) is 0 Å². The van der Waals surface area contributed by atoms with E-state index in [1.165, 1.54) is 5.56 Å². The van der Waals surface area contributed by atoms with Gasteiger partial charge in [-0.2, -0.15) is 5.10 Å². The maximum Gasteiger partial charge on any atom is 0.148 e. The highest BCUT2D eigenvalue weighted by molar-refractivity contribution is 5.50. The van der Waals surface area contributed by atoms with Crippen LogP contribution in [-0.4, -0.2) is 10.2 Å². The maximum atomic E-state index is 5.83. The Kier molecular flexibility index (Phi) is 3.00. The average molecular weight is 214 g/mol. The third kappa shape index (κ3) is 2.28. The summed E-state index contributed by atoms with van der Waals surface area (Å²) in [4.78, 5) is 0. The molecule has 0 unspecified atom stereocenters. The van der Waals surface area contributed by atoms with E-state index in [0.29, 0.717) is 6.54 Å². The summed E-state index contributed by atoms with van der Waals surface area (Å²) >= 11 is 0. The van der Waals surface area contributed by atoms with Crippen molar-refractivity contribution in [1.82, 2.24) is 10.2 Å². The van der Waals surface area contributed by atoms with E-state index in [-0.39, 0.29) is 0 Å². The fourth-order valence-corrected chi connectivity index (χ4v) is 1.48. The van der Waals surface area contributed by atoms with Crippen LogP contribution in [0.1, 0.15) is 11.1 Å². The van der Waals surface area contributed by atoms with Crippen LogP contribution in [-0.2, 0) is 6.54 Å². The number of aromatic nitrogens is 2. The van der Waals surface area contributed by atoms with Crippen LogP contribution < -0.4 is 11.1 Å². The van der Waals surface area contributed by atoms with Crippen LogP contribution in [0, 0.1) is 6.92 Å². The van der Waals surface area contributed by atoms with Gasteiger partial charge in [-0.1, -0.05) is 12.1 Å². The van der Waals surface area contributed by atoms with Crippen LogP contribution in [0.5, 0.6) is 0 Å². The van der Waals surface area contributed by atoms with Gasteiger partial charge in [0.05, 0.1) is 0 Å². The molecule has 1 aromatic carbocycles. The lowest BCUT2D eigenvalue weighted by Crippen LogP contribution is -2.04. The minimum absolute atomic E-state index is 0.704. The number of nitrogen functional groups attached to an aromatic ring is 1. The zero-order chi connectivity index (χ0) is 11.4. The smallest absolute Gasteiger partial charge is 0.148 e. The van der Waals surface area contributed by atoms with Gasteiger partial charge in [-0.3, -0.25) is 0 Å². The molecule has 82 valence electrons. The zero-order valence-electron chi connectivity index (χ0n) is 9.14. The molecule has 0 saturated carbocycles. The summed E-state index contributed by atoms with van der Waals surface area (Å²) < 4.78 is 0. The van der Waals surface area contributed by atoms with Gasteiger partial charge in [0.1, 0.15) is 5.82 Å². The molecule has 0 bridgehead atoms. The fourth-order valence-electron chi connectivity index (χ4n) is 1.48. The largest absolute Gasteiger partial charge is 0.399 e. The first-order chi connectivity index (χ1) is 7.77. The standard InChI is InChI=1S/C12H14N4/c1-9-10(4-2-5-11(9)13)8-14-12-6-3-7-15-16-12/h2-7H,8,13H2,1H3,(H,14,16). The summed E-state index contributed by atoms with van der Waals surface area (Å²) in [6, 6.07) is 9.64. The molecule has 4 nitrogen and oxygen atoms in total. The Hall–Kier alpha value is -2.10. The summed E-state index contributed by atoms with van der Waals surface area (Å²) in [6.45, 7) is 2.72. The summed E-state index contributed by atoms with van der Waals surface area (Å²) in [5.41, 5.74) is 8.93. The van der Waals surface area contributed by atoms with Crippen molar-refractivity contribution in [2.24, 2.45) is 0 Å². The number of rotatable bonds is 3. The molecule has 1 heterocycles. The van der Waals surface area contributed by atoms with E-state index in [9.17, 15) is 0 Å². The second-order valence-corrected chi connectivity index (χ2v) is 3.59. The fraction of sp³-hybridized carbons (Fsp3) is 0.167. The molecule has 16 heavy (non-hydrogen) atoms. The number of nitrogens with one attached hydrogen (secondary N) is 1. The van der Waals surface area contributed by atoms with Gasteiger partial charge in [0, 0.05) is 18.4 Å². The quantitative estimate of drug-likeness (QED) is 0.767. The Morgan fingerprint density at radius 2 is 2.12 bits per heavy atom. The number of hydrogen-bond acceptors (Lipinski definition) is 4. The number of hydrogen-bond donors (Lipinski definition) is 2. The van der Waals surface area contributed by atoms with Gasteiger partial charge >= 0.3 is 0 Å². The number of anilines is 2. The van der Waals surface area contributed by atoms with Crippen LogP contribution in [0.25, 0.3) is 0 Å². The Bertz CT molecular complexity index is 468. The first-order valence-corrected chi connectivity index (χ1v) is 5.13. The van der Waals surface area contributed by atoms with Crippen LogP contribution in [0.4, 0.5) is 11.5 Å². The van der Waals surface area contributed by atoms with E-state index < -0.39 is 0 Å². The number of nitrogens with two attached hydrogens (primary N) is 1. The van der Waals surface area contributed by atoms with E-state index in [0.717, 1.165) is 17.1 Å². The van der Waals surface area contributed by atoms with Crippen molar-refractivity contribution >= 4 is 11.5 Å². The molecular formula is C12H14N4. The first kappa shape index (κ1) is 10.4. The van der Waals surface area contributed by atoms with Crippen molar-refractivity contribution in [1.29, 1.82) is 0 Å². The Labute approximate surface area is 94.5 Å². The van der Waals surface area contributed by atoms with Crippen LogP contribution in [0.15, 0.2) is 36.5 Å². The van der Waals surface area contributed by atoms with Crippen molar-refractivity contribution in [2.75, 3.05) is 11.1 Å². The van der Waals surface area contributed by atoms with Crippen LogP contribution in [0.3, 0.4) is 0 Å². The molecule has 1 aromatic heterocycles. The van der Waals surface area contributed by atoms with Crippen LogP contribution in [0.2, 0.25) is 0 Å². The molecule has 2 aromatic rings. The number of benzene rings is 1. The molecule has 0 radical (unpaired) electrons. The van der Waals surface area contributed by atoms with Crippen molar-refractivity contribution in [2.45, 2.75) is 13.5 Å². The summed E-state index contributed by atoms with van der Waals surface area (Å²) in [6.07, 6.45) is 1.65. The van der Waals surface area contributed by atoms with E-state index in [1.807, 2.05) is 31.2 Å². The van der Waals surface area contributed by atoms with E-state index >= 15 is 0 Å². The minimum atomic E-state index is 0.704. The molecule has 3 N–H and O–H groups in total. The monoisotopic (exact) mass is 214 g/mol. The van der Waals surface area contributed by atoms with Gasteiger partial charge in [-0.15, -0.1) is 5.10 Å². The lowest BCUT2D eigenvalue weighted by atomic mass is 10.1. The molecule has 2 rings (SSSR count). The molecule has 0 saturated heterocycles. The summed E-state index contributed by atoms with van der Waals surface area (Å²) in [7, 11) is 0. The molecule has 0 fully saturated rings. The third-order valence-electron chi connectivity index (χ3n) is 2.52. The van der Waals surface area contributed by atoms with Gasteiger partial charge in [0.25, 0.3) is 0 Å². The van der Waals surface area contributed by atoms with Gasteiger partial charge < -0.3 is 11.1 Å². The van der Waals surface area contributed by atoms with Crippen molar-refractivity contribution in [3.8, 4) is 0 Å². The predicted octanol–water partition coefficient (Wildman–Crippen LogP) is 1.98. The summed E-state index contributed by atoms with van der Waals surface area (Å²) in [5, 5.41) is 11.0. The second kappa shape index (κ2) is 4.61. The van der Waals surface area contributed by atoms with E-state index in [1.54, 1.807) is 6.20 Å². The maximum absolute atomic E-state index is 5.83. The third-order valence-corrected chi connectivity index (χ3v) is 2.52. The molecule has 0 amide bonds. The molecule has 0 aliphatic rings. The molecule has 0 spiro atoms. The normalized spacial score (nSPS) is 10.1. The van der Waals surface area contributed by atoms with E-state index in [4.69, 9.17) is 5.73 Å².